The first-order chi connectivity index (χ1) is 12.8. The van der Waals surface area contributed by atoms with Gasteiger partial charge < -0.3 is 0 Å². The highest BCUT2D eigenvalue weighted by molar-refractivity contribution is 8.00. The number of aromatic nitrogens is 4. The molecule has 0 saturated heterocycles. The zero-order valence-corrected chi connectivity index (χ0v) is 16.2. The van der Waals surface area contributed by atoms with Gasteiger partial charge in [0.05, 0.1) is 17.2 Å². The van der Waals surface area contributed by atoms with Crippen LogP contribution in [0.15, 0.2) is 59.8 Å². The highest BCUT2D eigenvalue weighted by Crippen LogP contribution is 2.25. The normalized spacial score (nSPS) is 12.5. The average molecular weight is 403 g/mol. The van der Waals surface area contributed by atoms with Gasteiger partial charge in [0.2, 0.25) is 15.2 Å². The number of carbonyl (C=O) groups excluding carboxylic acids is 1. The minimum absolute atomic E-state index is 0.103. The van der Waals surface area contributed by atoms with E-state index in [4.69, 9.17) is 0 Å². The van der Waals surface area contributed by atoms with Gasteiger partial charge in [-0.3, -0.25) is 9.52 Å². The van der Waals surface area contributed by atoms with E-state index in [1.807, 2.05) is 30.3 Å². The minimum atomic E-state index is -3.36. The predicted molar refractivity (Wildman–Crippen MR) is 104 cm³/mol. The summed E-state index contributed by atoms with van der Waals surface area (Å²) in [5.41, 5.74) is 1.69. The van der Waals surface area contributed by atoms with Gasteiger partial charge in [0.25, 0.3) is 0 Å². The molecular weight excluding hydrogens is 386 g/mol. The maximum atomic E-state index is 12.7. The monoisotopic (exact) mass is 403 g/mol. The molecule has 0 bridgehead atoms. The van der Waals surface area contributed by atoms with Crippen LogP contribution in [0.2, 0.25) is 0 Å². The Bertz CT molecular complexity index is 1030. The van der Waals surface area contributed by atoms with Gasteiger partial charge in [0.1, 0.15) is 0 Å². The van der Waals surface area contributed by atoms with Crippen molar-refractivity contribution in [3.63, 3.8) is 0 Å². The molecular formula is C17H17N5O3S2. The Hall–Kier alpha value is -2.72. The molecule has 3 rings (SSSR count). The van der Waals surface area contributed by atoms with Crippen LogP contribution < -0.4 is 4.72 Å². The van der Waals surface area contributed by atoms with Crippen LogP contribution >= 0.6 is 11.8 Å². The van der Waals surface area contributed by atoms with E-state index in [1.165, 1.54) is 11.8 Å². The zero-order valence-electron chi connectivity index (χ0n) is 14.6. The summed E-state index contributed by atoms with van der Waals surface area (Å²) in [5, 5.41) is 11.8. The molecule has 0 saturated carbocycles. The second-order valence-electron chi connectivity index (χ2n) is 5.78. The summed E-state index contributed by atoms with van der Waals surface area (Å²) >= 11 is 1.25. The number of hydrogen-bond acceptors (Lipinski definition) is 7. The predicted octanol–water partition coefficient (Wildman–Crippen LogP) is 2.40. The van der Waals surface area contributed by atoms with Gasteiger partial charge in [-0.2, -0.15) is 4.68 Å². The first kappa shape index (κ1) is 19.1. The number of rotatable bonds is 7. The summed E-state index contributed by atoms with van der Waals surface area (Å²) in [5.74, 6) is -0.103. The summed E-state index contributed by atoms with van der Waals surface area (Å²) in [6, 6.07) is 15.7. The fourth-order valence-corrected chi connectivity index (χ4v) is 3.80. The molecule has 1 atom stereocenters. The van der Waals surface area contributed by atoms with Crippen molar-refractivity contribution in [2.45, 2.75) is 17.3 Å². The van der Waals surface area contributed by atoms with Crippen molar-refractivity contribution in [1.29, 1.82) is 0 Å². The Morgan fingerprint density at radius 2 is 1.78 bits per heavy atom. The second-order valence-corrected chi connectivity index (χ2v) is 8.84. The lowest BCUT2D eigenvalue weighted by Crippen LogP contribution is -2.15. The van der Waals surface area contributed by atoms with Crippen LogP contribution in [0.3, 0.4) is 0 Å². The third-order valence-corrected chi connectivity index (χ3v) is 5.21. The molecule has 0 aliphatic carbocycles. The van der Waals surface area contributed by atoms with Crippen molar-refractivity contribution in [2.24, 2.45) is 0 Å². The van der Waals surface area contributed by atoms with Gasteiger partial charge in [0, 0.05) is 11.3 Å². The Labute approximate surface area is 161 Å². The SMILES string of the molecule is C[C@@H](Sc1nnnn1-c1ccccc1)C(=O)c1ccc(NS(C)(=O)=O)cc1. The molecule has 3 aromatic rings. The van der Waals surface area contributed by atoms with E-state index in [-0.39, 0.29) is 5.78 Å². The van der Waals surface area contributed by atoms with Crippen LogP contribution in [0.4, 0.5) is 5.69 Å². The first-order valence-corrected chi connectivity index (χ1v) is 10.7. The van der Waals surface area contributed by atoms with Crippen LogP contribution in [0.1, 0.15) is 17.3 Å². The molecule has 27 heavy (non-hydrogen) atoms. The number of Topliss-reactive ketones (excluding diaryl/α,β-unsaturated/α-hetero) is 1. The number of thioether (sulfide) groups is 1. The molecule has 0 amide bonds. The lowest BCUT2D eigenvalue weighted by molar-refractivity contribution is 0.0994. The van der Waals surface area contributed by atoms with E-state index in [2.05, 4.69) is 20.2 Å². The quantitative estimate of drug-likeness (QED) is 0.477. The first-order valence-electron chi connectivity index (χ1n) is 7.96. The lowest BCUT2D eigenvalue weighted by atomic mass is 10.1. The number of nitrogens with one attached hydrogen (secondary N) is 1. The number of nitrogens with zero attached hydrogens (tertiary/aromatic N) is 4. The van der Waals surface area contributed by atoms with Crippen molar-refractivity contribution in [2.75, 3.05) is 11.0 Å². The van der Waals surface area contributed by atoms with Crippen molar-refractivity contribution in [3.8, 4) is 5.69 Å². The Kier molecular flexibility index (Phi) is 5.57. The van der Waals surface area contributed by atoms with E-state index in [9.17, 15) is 13.2 Å². The van der Waals surface area contributed by atoms with Gasteiger partial charge in [-0.25, -0.2) is 8.42 Å². The number of benzene rings is 2. The number of hydrogen-bond donors (Lipinski definition) is 1. The minimum Gasteiger partial charge on any atom is -0.293 e. The number of ketones is 1. The second kappa shape index (κ2) is 7.89. The maximum absolute atomic E-state index is 12.7. The van der Waals surface area contributed by atoms with Crippen LogP contribution in [0, 0.1) is 0 Å². The molecule has 1 aromatic heterocycles. The van der Waals surface area contributed by atoms with Crippen LogP contribution in [0.5, 0.6) is 0 Å². The van der Waals surface area contributed by atoms with Gasteiger partial charge >= 0.3 is 0 Å². The maximum Gasteiger partial charge on any atom is 0.229 e. The van der Waals surface area contributed by atoms with Crippen molar-refractivity contribution in [1.82, 2.24) is 20.2 Å². The molecule has 10 heteroatoms. The van der Waals surface area contributed by atoms with Crippen molar-refractivity contribution in [3.05, 3.63) is 60.2 Å². The van der Waals surface area contributed by atoms with Gasteiger partial charge in [-0.05, 0) is 53.7 Å². The molecule has 0 fully saturated rings. The average Bonchev–Trinajstić information content (AvgIpc) is 3.09. The van der Waals surface area contributed by atoms with E-state index < -0.39 is 15.3 Å². The standard InChI is InChI=1S/C17H17N5O3S2/c1-12(16(23)13-8-10-14(11-9-13)19-27(2,24)25)26-17-18-20-21-22(17)15-6-4-3-5-7-15/h3-12,19H,1-2H3/t12-/m1/s1. The van der Waals surface area contributed by atoms with Crippen molar-refractivity contribution >= 4 is 33.3 Å². The number of anilines is 1. The fraction of sp³-hybridized carbons (Fsp3) is 0.176. The molecule has 0 spiro atoms. The van der Waals surface area contributed by atoms with Gasteiger partial charge in [0.15, 0.2) is 5.78 Å². The smallest absolute Gasteiger partial charge is 0.229 e. The molecule has 0 unspecified atom stereocenters. The zero-order chi connectivity index (χ0) is 19.4. The molecule has 1 heterocycles. The molecule has 0 radical (unpaired) electrons. The summed E-state index contributed by atoms with van der Waals surface area (Å²) in [6.07, 6.45) is 1.07. The van der Waals surface area contributed by atoms with Crippen LogP contribution in [-0.4, -0.2) is 45.9 Å². The van der Waals surface area contributed by atoms with Gasteiger partial charge in [-0.1, -0.05) is 30.0 Å². The summed E-state index contributed by atoms with van der Waals surface area (Å²) in [7, 11) is -3.36. The third-order valence-electron chi connectivity index (χ3n) is 3.57. The van der Waals surface area contributed by atoms with Crippen molar-refractivity contribution < 1.29 is 13.2 Å². The van der Waals surface area contributed by atoms with E-state index >= 15 is 0 Å². The van der Waals surface area contributed by atoms with Gasteiger partial charge in [-0.15, -0.1) is 5.10 Å². The third kappa shape index (κ3) is 4.92. The summed E-state index contributed by atoms with van der Waals surface area (Å²) < 4.78 is 26.4. The fourth-order valence-electron chi connectivity index (χ4n) is 2.35. The Balaban J connectivity index is 1.73. The van der Waals surface area contributed by atoms with E-state index in [0.29, 0.717) is 16.4 Å². The molecule has 0 aliphatic rings. The highest BCUT2D eigenvalue weighted by atomic mass is 32.2. The molecule has 2 aromatic carbocycles. The van der Waals surface area contributed by atoms with E-state index in [0.717, 1.165) is 11.9 Å². The van der Waals surface area contributed by atoms with Crippen LogP contribution in [-0.2, 0) is 10.0 Å². The highest BCUT2D eigenvalue weighted by Gasteiger charge is 2.20. The number of carbonyl (C=O) groups is 1. The molecule has 8 nitrogen and oxygen atoms in total. The topological polar surface area (TPSA) is 107 Å². The molecule has 0 aliphatic heterocycles. The molecule has 140 valence electrons. The lowest BCUT2D eigenvalue weighted by Gasteiger charge is -2.11. The van der Waals surface area contributed by atoms with E-state index in [1.54, 1.807) is 35.9 Å². The number of sulfonamides is 1. The number of para-hydroxylation sites is 1. The largest absolute Gasteiger partial charge is 0.293 e. The Morgan fingerprint density at radius 3 is 2.41 bits per heavy atom. The summed E-state index contributed by atoms with van der Waals surface area (Å²) in [6.45, 7) is 1.78. The number of tetrazole rings is 1. The Morgan fingerprint density at radius 1 is 1.11 bits per heavy atom. The summed E-state index contributed by atoms with van der Waals surface area (Å²) in [4.78, 5) is 12.7. The molecule has 1 N–H and O–H groups in total. The van der Waals surface area contributed by atoms with Crippen LogP contribution in [0.25, 0.3) is 5.69 Å².